The summed E-state index contributed by atoms with van der Waals surface area (Å²) in [6.45, 7) is 12.4. The van der Waals surface area contributed by atoms with Crippen molar-refractivity contribution < 1.29 is 9.31 Å². The second-order valence-corrected chi connectivity index (χ2v) is 5.20. The van der Waals surface area contributed by atoms with Crippen LogP contribution in [0.5, 0.6) is 0 Å². The van der Waals surface area contributed by atoms with Crippen LogP contribution in [0.15, 0.2) is 23.7 Å². The topological polar surface area (TPSA) is 18.5 Å². The Kier molecular flexibility index (Phi) is 4.03. The van der Waals surface area contributed by atoms with E-state index >= 15 is 0 Å². The largest absolute Gasteiger partial charge is 0.494 e. The Morgan fingerprint density at radius 1 is 1.12 bits per heavy atom. The van der Waals surface area contributed by atoms with Crippen LogP contribution in [0.2, 0.25) is 0 Å². The Hall–Kier alpha value is -0.535. The zero-order chi connectivity index (χ0) is 12.4. The SMILES string of the molecule is C/C=C\C(=C/CC)B1OC(C)(C)C(C)(C)O1. The monoisotopic (exact) mass is 222 g/mol. The van der Waals surface area contributed by atoms with Crippen molar-refractivity contribution in [3.8, 4) is 0 Å². The molecule has 0 atom stereocenters. The van der Waals surface area contributed by atoms with E-state index in [9.17, 15) is 0 Å². The summed E-state index contributed by atoms with van der Waals surface area (Å²) in [5.41, 5.74) is 0.599. The molecule has 0 bridgehead atoms. The molecule has 1 saturated heterocycles. The lowest BCUT2D eigenvalue weighted by atomic mass is 9.77. The third-order valence-electron chi connectivity index (χ3n) is 3.32. The van der Waals surface area contributed by atoms with E-state index < -0.39 is 0 Å². The average Bonchev–Trinajstić information content (AvgIpc) is 2.36. The third-order valence-corrected chi connectivity index (χ3v) is 3.32. The highest BCUT2D eigenvalue weighted by Crippen LogP contribution is 2.38. The Morgan fingerprint density at radius 2 is 1.62 bits per heavy atom. The van der Waals surface area contributed by atoms with Crippen molar-refractivity contribution in [1.82, 2.24) is 0 Å². The van der Waals surface area contributed by atoms with Crippen molar-refractivity contribution in [2.75, 3.05) is 0 Å². The van der Waals surface area contributed by atoms with E-state index in [0.717, 1.165) is 11.9 Å². The van der Waals surface area contributed by atoms with Crippen LogP contribution >= 0.6 is 0 Å². The highest BCUT2D eigenvalue weighted by atomic mass is 16.7. The van der Waals surface area contributed by atoms with Gasteiger partial charge in [0.2, 0.25) is 0 Å². The molecule has 3 heteroatoms. The van der Waals surface area contributed by atoms with Crippen LogP contribution in [-0.2, 0) is 9.31 Å². The molecule has 2 nitrogen and oxygen atoms in total. The molecule has 0 N–H and O–H groups in total. The molecule has 0 aromatic carbocycles. The molecule has 1 heterocycles. The van der Waals surface area contributed by atoms with Crippen LogP contribution in [0.1, 0.15) is 48.0 Å². The van der Waals surface area contributed by atoms with Gasteiger partial charge in [-0.2, -0.15) is 0 Å². The Bertz CT molecular complexity index is 287. The van der Waals surface area contributed by atoms with Crippen molar-refractivity contribution in [3.63, 3.8) is 0 Å². The fraction of sp³-hybridized carbons (Fsp3) is 0.692. The van der Waals surface area contributed by atoms with Crippen LogP contribution in [0, 0.1) is 0 Å². The first-order chi connectivity index (χ1) is 7.34. The molecule has 0 aromatic rings. The third kappa shape index (κ3) is 2.58. The summed E-state index contributed by atoms with van der Waals surface area (Å²) < 4.78 is 12.0. The minimum atomic E-state index is -0.258. The molecule has 90 valence electrons. The van der Waals surface area contributed by atoms with Crippen molar-refractivity contribution in [1.29, 1.82) is 0 Å². The van der Waals surface area contributed by atoms with E-state index in [4.69, 9.17) is 9.31 Å². The normalized spacial score (nSPS) is 24.4. The maximum absolute atomic E-state index is 5.99. The number of hydrogen-bond acceptors (Lipinski definition) is 2. The van der Waals surface area contributed by atoms with Gasteiger partial charge in [0, 0.05) is 0 Å². The predicted molar refractivity (Wildman–Crippen MR) is 69.3 cm³/mol. The summed E-state index contributed by atoms with van der Waals surface area (Å²) in [7, 11) is -0.235. The first-order valence-corrected chi connectivity index (χ1v) is 6.02. The molecule has 0 amide bonds. The summed E-state index contributed by atoms with van der Waals surface area (Å²) >= 11 is 0. The van der Waals surface area contributed by atoms with Crippen LogP contribution in [-0.4, -0.2) is 18.3 Å². The molecular formula is C13H23BO2. The lowest BCUT2D eigenvalue weighted by Crippen LogP contribution is -2.41. The zero-order valence-electron chi connectivity index (χ0n) is 11.3. The summed E-state index contributed by atoms with van der Waals surface area (Å²) in [5.74, 6) is 0. The van der Waals surface area contributed by atoms with E-state index in [1.807, 2.05) is 13.0 Å². The molecule has 1 aliphatic rings. The molecular weight excluding hydrogens is 199 g/mol. The van der Waals surface area contributed by atoms with E-state index in [1.54, 1.807) is 0 Å². The van der Waals surface area contributed by atoms with Crippen molar-refractivity contribution >= 4 is 7.12 Å². The van der Waals surface area contributed by atoms with Gasteiger partial charge >= 0.3 is 7.12 Å². The molecule has 1 aliphatic heterocycles. The van der Waals surface area contributed by atoms with E-state index in [0.29, 0.717) is 0 Å². The second-order valence-electron chi connectivity index (χ2n) is 5.20. The van der Waals surface area contributed by atoms with Gasteiger partial charge in [-0.15, -0.1) is 0 Å². The van der Waals surface area contributed by atoms with Gasteiger partial charge in [-0.05, 0) is 46.5 Å². The van der Waals surface area contributed by atoms with Gasteiger partial charge in [0.1, 0.15) is 0 Å². The number of allylic oxidation sites excluding steroid dienone is 4. The van der Waals surface area contributed by atoms with Gasteiger partial charge in [0.05, 0.1) is 11.2 Å². The zero-order valence-corrected chi connectivity index (χ0v) is 11.3. The molecule has 1 rings (SSSR count). The van der Waals surface area contributed by atoms with Crippen molar-refractivity contribution in [2.45, 2.75) is 59.2 Å². The van der Waals surface area contributed by atoms with Gasteiger partial charge in [-0.3, -0.25) is 0 Å². The molecule has 0 saturated carbocycles. The molecule has 0 unspecified atom stereocenters. The van der Waals surface area contributed by atoms with Gasteiger partial charge in [-0.1, -0.05) is 25.2 Å². The lowest BCUT2D eigenvalue weighted by molar-refractivity contribution is 0.00578. The molecule has 16 heavy (non-hydrogen) atoms. The minimum Gasteiger partial charge on any atom is -0.399 e. The highest BCUT2D eigenvalue weighted by Gasteiger charge is 2.51. The number of rotatable bonds is 3. The maximum atomic E-state index is 5.99. The van der Waals surface area contributed by atoms with Crippen LogP contribution in [0.25, 0.3) is 0 Å². The summed E-state index contributed by atoms with van der Waals surface area (Å²) in [6.07, 6.45) is 7.23. The van der Waals surface area contributed by atoms with Crippen LogP contribution in [0.4, 0.5) is 0 Å². The maximum Gasteiger partial charge on any atom is 0.494 e. The fourth-order valence-electron chi connectivity index (χ4n) is 1.65. The Labute approximate surface area is 99.9 Å². The lowest BCUT2D eigenvalue weighted by Gasteiger charge is -2.32. The standard InChI is InChI=1S/C13H23BO2/c1-7-9-11(10-8-2)14-15-12(3,4)13(5,6)16-14/h7,9-10H,8H2,1-6H3/b9-7-,11-10+. The second kappa shape index (κ2) is 4.76. The average molecular weight is 222 g/mol. The Morgan fingerprint density at radius 3 is 2.00 bits per heavy atom. The van der Waals surface area contributed by atoms with Crippen molar-refractivity contribution in [3.05, 3.63) is 23.7 Å². The summed E-state index contributed by atoms with van der Waals surface area (Å²) in [6, 6.07) is 0. The first kappa shape index (κ1) is 13.5. The van der Waals surface area contributed by atoms with Crippen LogP contribution in [0.3, 0.4) is 0 Å². The first-order valence-electron chi connectivity index (χ1n) is 6.02. The summed E-state index contributed by atoms with van der Waals surface area (Å²) in [4.78, 5) is 0. The van der Waals surface area contributed by atoms with E-state index in [2.05, 4.69) is 46.8 Å². The van der Waals surface area contributed by atoms with Gasteiger partial charge in [0.25, 0.3) is 0 Å². The Balaban J connectivity index is 2.89. The smallest absolute Gasteiger partial charge is 0.399 e. The number of hydrogen-bond donors (Lipinski definition) is 0. The predicted octanol–water partition coefficient (Wildman–Crippen LogP) is 3.53. The molecule has 0 radical (unpaired) electrons. The minimum absolute atomic E-state index is 0.235. The fourth-order valence-corrected chi connectivity index (χ4v) is 1.65. The van der Waals surface area contributed by atoms with E-state index in [-0.39, 0.29) is 18.3 Å². The van der Waals surface area contributed by atoms with E-state index in [1.165, 1.54) is 0 Å². The molecule has 0 spiro atoms. The van der Waals surface area contributed by atoms with Gasteiger partial charge in [-0.25, -0.2) is 0 Å². The quantitative estimate of drug-likeness (QED) is 0.537. The molecule has 0 aliphatic carbocycles. The van der Waals surface area contributed by atoms with Gasteiger partial charge < -0.3 is 9.31 Å². The van der Waals surface area contributed by atoms with Crippen molar-refractivity contribution in [2.24, 2.45) is 0 Å². The molecule has 1 fully saturated rings. The summed E-state index contributed by atoms with van der Waals surface area (Å²) in [5, 5.41) is 0. The van der Waals surface area contributed by atoms with Crippen LogP contribution < -0.4 is 0 Å². The highest BCUT2D eigenvalue weighted by molar-refractivity contribution is 6.55. The molecule has 0 aromatic heterocycles. The van der Waals surface area contributed by atoms with Gasteiger partial charge in [0.15, 0.2) is 0 Å².